The van der Waals surface area contributed by atoms with Crippen molar-refractivity contribution in [1.29, 1.82) is 0 Å². The molecule has 0 radical (unpaired) electrons. The number of hydrogen-bond donors (Lipinski definition) is 4. The van der Waals surface area contributed by atoms with Gasteiger partial charge in [-0.2, -0.15) is 0 Å². The van der Waals surface area contributed by atoms with E-state index in [-0.39, 0.29) is 24.8 Å². The molecule has 0 bridgehead atoms. The van der Waals surface area contributed by atoms with Crippen molar-refractivity contribution in [3.05, 3.63) is 0 Å². The van der Waals surface area contributed by atoms with Gasteiger partial charge >= 0.3 is 0 Å². The molecule has 18 heavy (non-hydrogen) atoms. The summed E-state index contributed by atoms with van der Waals surface area (Å²) in [6, 6.07) is 0. The number of aliphatic hydroxyl groups is 2. The van der Waals surface area contributed by atoms with Crippen molar-refractivity contribution in [1.82, 2.24) is 0 Å². The van der Waals surface area contributed by atoms with Gasteiger partial charge in [-0.05, 0) is 62.4 Å². The minimum atomic E-state index is 0. The van der Waals surface area contributed by atoms with Gasteiger partial charge in [0.15, 0.2) is 0 Å². The third kappa shape index (κ3) is 6.55. The fourth-order valence-corrected chi connectivity index (χ4v) is 2.43. The summed E-state index contributed by atoms with van der Waals surface area (Å²) in [5.41, 5.74) is 10.7. The van der Waals surface area contributed by atoms with Crippen LogP contribution in [0.1, 0.15) is 25.7 Å². The third-order valence-corrected chi connectivity index (χ3v) is 3.85. The van der Waals surface area contributed by atoms with E-state index in [0.717, 1.165) is 38.8 Å². The topological polar surface area (TPSA) is 92.5 Å². The molecule has 0 spiro atoms. The van der Waals surface area contributed by atoms with Gasteiger partial charge in [0.2, 0.25) is 0 Å². The van der Waals surface area contributed by atoms with Crippen LogP contribution in [0.25, 0.3) is 0 Å². The van der Waals surface area contributed by atoms with Crippen molar-refractivity contribution in [3.63, 3.8) is 0 Å². The molecule has 112 valence electrons. The second-order valence-electron chi connectivity index (χ2n) is 5.24. The number of hydrogen-bond acceptors (Lipinski definition) is 4. The first-order valence-corrected chi connectivity index (χ1v) is 6.35. The van der Waals surface area contributed by atoms with Crippen molar-refractivity contribution in [2.45, 2.75) is 25.7 Å². The van der Waals surface area contributed by atoms with Gasteiger partial charge in [0, 0.05) is 13.2 Å². The third-order valence-electron chi connectivity index (χ3n) is 3.85. The van der Waals surface area contributed by atoms with Crippen molar-refractivity contribution in [2.75, 3.05) is 26.3 Å². The molecule has 0 atom stereocenters. The van der Waals surface area contributed by atoms with E-state index in [1.54, 1.807) is 0 Å². The standard InChI is InChI=1S/2C6H13NO.2ClH/c2*7-3-5-1-6(2-5)4-8;;/h2*5-6,8H,1-4,7H2;2*1H. The molecule has 0 aromatic heterocycles. The summed E-state index contributed by atoms with van der Waals surface area (Å²) in [7, 11) is 0. The Morgan fingerprint density at radius 1 is 0.667 bits per heavy atom. The summed E-state index contributed by atoms with van der Waals surface area (Å²) in [6.45, 7) is 2.32. The van der Waals surface area contributed by atoms with Crippen LogP contribution >= 0.6 is 24.8 Å². The van der Waals surface area contributed by atoms with E-state index in [1.807, 2.05) is 0 Å². The van der Waals surface area contributed by atoms with Crippen molar-refractivity contribution in [2.24, 2.45) is 35.1 Å². The second kappa shape index (κ2) is 11.3. The van der Waals surface area contributed by atoms with E-state index >= 15 is 0 Å². The van der Waals surface area contributed by atoms with E-state index in [0.29, 0.717) is 36.9 Å². The molecule has 0 amide bonds. The second-order valence-corrected chi connectivity index (χ2v) is 5.24. The Kier molecular flexibility index (Phi) is 13.0. The molecule has 0 aliphatic heterocycles. The number of halogens is 2. The molecule has 6 N–H and O–H groups in total. The summed E-state index contributed by atoms with van der Waals surface area (Å²) in [4.78, 5) is 0. The molecule has 2 aliphatic carbocycles. The van der Waals surface area contributed by atoms with Gasteiger partial charge in [-0.1, -0.05) is 0 Å². The maximum Gasteiger partial charge on any atom is 0.0459 e. The van der Waals surface area contributed by atoms with Gasteiger partial charge in [-0.25, -0.2) is 0 Å². The quantitative estimate of drug-likeness (QED) is 0.617. The Labute approximate surface area is 122 Å². The minimum Gasteiger partial charge on any atom is -0.396 e. The summed E-state index contributed by atoms with van der Waals surface area (Å²) in [5, 5.41) is 17.1. The zero-order valence-electron chi connectivity index (χ0n) is 10.8. The fourth-order valence-electron chi connectivity index (χ4n) is 2.43. The van der Waals surface area contributed by atoms with E-state index in [1.165, 1.54) is 0 Å². The summed E-state index contributed by atoms with van der Waals surface area (Å²) < 4.78 is 0. The van der Waals surface area contributed by atoms with Crippen LogP contribution in [0.3, 0.4) is 0 Å². The lowest BCUT2D eigenvalue weighted by Crippen LogP contribution is -2.31. The molecule has 0 heterocycles. The predicted octanol–water partition coefficient (Wildman–Crippen LogP) is 0.771. The highest BCUT2D eigenvalue weighted by Crippen LogP contribution is 2.32. The molecule has 0 unspecified atom stereocenters. The van der Waals surface area contributed by atoms with E-state index in [2.05, 4.69) is 0 Å². The minimum absolute atomic E-state index is 0. The monoisotopic (exact) mass is 302 g/mol. The number of aliphatic hydroxyl groups excluding tert-OH is 2. The summed E-state index contributed by atoms with van der Waals surface area (Å²) in [6.07, 6.45) is 4.58. The van der Waals surface area contributed by atoms with Gasteiger partial charge < -0.3 is 21.7 Å². The lowest BCUT2D eigenvalue weighted by atomic mass is 9.75. The molecule has 2 saturated carbocycles. The van der Waals surface area contributed by atoms with Crippen molar-refractivity contribution in [3.8, 4) is 0 Å². The molecule has 0 aromatic rings. The molecular formula is C12H28Cl2N2O2. The van der Waals surface area contributed by atoms with Crippen LogP contribution in [0.5, 0.6) is 0 Å². The van der Waals surface area contributed by atoms with Crippen LogP contribution in [0.4, 0.5) is 0 Å². The van der Waals surface area contributed by atoms with E-state index < -0.39 is 0 Å². The average molecular weight is 303 g/mol. The SMILES string of the molecule is Cl.Cl.NCC1CC(CO)C1.NCC1CC(CO)C1. The fraction of sp³-hybridized carbons (Fsp3) is 1.00. The highest BCUT2D eigenvalue weighted by atomic mass is 35.5. The Hall–Kier alpha value is 0.420. The maximum atomic E-state index is 8.56. The van der Waals surface area contributed by atoms with Crippen molar-refractivity contribution >= 4 is 24.8 Å². The smallest absolute Gasteiger partial charge is 0.0459 e. The zero-order chi connectivity index (χ0) is 12.0. The highest BCUT2D eigenvalue weighted by molar-refractivity contribution is 5.85. The Bertz CT molecular complexity index is 151. The summed E-state index contributed by atoms with van der Waals surface area (Å²) >= 11 is 0. The summed E-state index contributed by atoms with van der Waals surface area (Å²) in [5.74, 6) is 2.58. The van der Waals surface area contributed by atoms with Crippen LogP contribution in [0.2, 0.25) is 0 Å². The normalized spacial score (nSPS) is 32.7. The molecule has 0 saturated heterocycles. The first-order valence-electron chi connectivity index (χ1n) is 6.35. The van der Waals surface area contributed by atoms with Gasteiger partial charge in [-0.15, -0.1) is 24.8 Å². The first-order chi connectivity index (χ1) is 7.73. The molecular weight excluding hydrogens is 275 g/mol. The first kappa shape index (κ1) is 20.7. The lowest BCUT2D eigenvalue weighted by molar-refractivity contribution is 0.112. The van der Waals surface area contributed by atoms with Gasteiger partial charge in [0.25, 0.3) is 0 Å². The van der Waals surface area contributed by atoms with E-state index in [4.69, 9.17) is 21.7 Å². The molecule has 2 fully saturated rings. The Balaban J connectivity index is 0. The average Bonchev–Trinajstić information content (AvgIpc) is 2.17. The lowest BCUT2D eigenvalue weighted by Gasteiger charge is -2.32. The zero-order valence-corrected chi connectivity index (χ0v) is 12.5. The highest BCUT2D eigenvalue weighted by Gasteiger charge is 2.27. The van der Waals surface area contributed by atoms with Crippen LogP contribution in [0.15, 0.2) is 0 Å². The number of nitrogens with two attached hydrogens (primary N) is 2. The van der Waals surface area contributed by atoms with Crippen LogP contribution in [-0.4, -0.2) is 36.5 Å². The molecule has 0 aromatic carbocycles. The van der Waals surface area contributed by atoms with Gasteiger partial charge in [0.05, 0.1) is 0 Å². The predicted molar refractivity (Wildman–Crippen MR) is 79.2 cm³/mol. The number of rotatable bonds is 4. The Morgan fingerprint density at radius 2 is 0.944 bits per heavy atom. The van der Waals surface area contributed by atoms with Gasteiger partial charge in [0.1, 0.15) is 0 Å². The Morgan fingerprint density at radius 3 is 1.11 bits per heavy atom. The van der Waals surface area contributed by atoms with Gasteiger partial charge in [-0.3, -0.25) is 0 Å². The molecule has 4 nitrogen and oxygen atoms in total. The van der Waals surface area contributed by atoms with E-state index in [9.17, 15) is 0 Å². The molecule has 2 aliphatic rings. The largest absolute Gasteiger partial charge is 0.396 e. The van der Waals surface area contributed by atoms with Crippen LogP contribution < -0.4 is 11.5 Å². The molecule has 2 rings (SSSR count). The van der Waals surface area contributed by atoms with Crippen molar-refractivity contribution < 1.29 is 10.2 Å². The van der Waals surface area contributed by atoms with Crippen LogP contribution in [0, 0.1) is 23.7 Å². The maximum absolute atomic E-state index is 8.56. The van der Waals surface area contributed by atoms with Crippen LogP contribution in [-0.2, 0) is 0 Å². The molecule has 6 heteroatoms.